The van der Waals surface area contributed by atoms with Gasteiger partial charge in [0, 0.05) is 24.0 Å². The topological polar surface area (TPSA) is 45.9 Å². The van der Waals surface area contributed by atoms with Crippen LogP contribution in [0.15, 0.2) is 0 Å². The molecule has 2 heterocycles. The maximum Gasteiger partial charge on any atom is 0.0964 e. The smallest absolute Gasteiger partial charge is 0.0964 e. The molecule has 1 fully saturated rings. The fraction of sp³-hybridized carbons (Fsp3) is 0.636. The summed E-state index contributed by atoms with van der Waals surface area (Å²) in [7, 11) is 0. The first-order valence-corrected chi connectivity index (χ1v) is 6.04. The molecular weight excluding hydrogens is 208 g/mol. The van der Waals surface area contributed by atoms with Crippen LogP contribution in [0.2, 0.25) is 0 Å². The predicted octanol–water partition coefficient (Wildman–Crippen LogP) is 2.41. The van der Waals surface area contributed by atoms with Gasteiger partial charge in [-0.15, -0.1) is 11.3 Å². The molecule has 1 aliphatic rings. The van der Waals surface area contributed by atoms with Gasteiger partial charge in [0.2, 0.25) is 0 Å². The van der Waals surface area contributed by atoms with Crippen LogP contribution >= 0.6 is 11.3 Å². The van der Waals surface area contributed by atoms with Gasteiger partial charge >= 0.3 is 0 Å². The fourth-order valence-corrected chi connectivity index (χ4v) is 2.97. The van der Waals surface area contributed by atoms with E-state index in [9.17, 15) is 0 Å². The molecule has 0 atom stereocenters. The third-order valence-corrected chi connectivity index (χ3v) is 4.04. The standard InChI is InChI=1S/C11H14N2OS/c1-8-10(2-5-12)15-11(13-8)9-3-6-14-7-4-9/h9H,2-4,6-7H2,1H3. The van der Waals surface area contributed by atoms with Gasteiger partial charge in [-0.1, -0.05) is 0 Å². The lowest BCUT2D eigenvalue weighted by molar-refractivity contribution is 0.0852. The molecule has 1 saturated heterocycles. The molecule has 0 aromatic carbocycles. The largest absolute Gasteiger partial charge is 0.381 e. The summed E-state index contributed by atoms with van der Waals surface area (Å²) in [5.74, 6) is 0.551. The zero-order valence-electron chi connectivity index (χ0n) is 8.82. The fourth-order valence-electron chi connectivity index (χ4n) is 1.81. The van der Waals surface area contributed by atoms with E-state index in [-0.39, 0.29) is 0 Å². The van der Waals surface area contributed by atoms with Gasteiger partial charge in [0.05, 0.1) is 23.2 Å². The minimum atomic E-state index is 0.493. The lowest BCUT2D eigenvalue weighted by Gasteiger charge is -2.19. The Morgan fingerprint density at radius 2 is 2.27 bits per heavy atom. The van der Waals surface area contributed by atoms with Crippen molar-refractivity contribution in [2.24, 2.45) is 0 Å². The predicted molar refractivity (Wildman–Crippen MR) is 59.0 cm³/mol. The number of ether oxygens (including phenoxy) is 1. The van der Waals surface area contributed by atoms with Gasteiger partial charge < -0.3 is 4.74 Å². The maximum atomic E-state index is 8.67. The Morgan fingerprint density at radius 1 is 1.53 bits per heavy atom. The van der Waals surface area contributed by atoms with Gasteiger partial charge in [0.25, 0.3) is 0 Å². The van der Waals surface area contributed by atoms with E-state index < -0.39 is 0 Å². The summed E-state index contributed by atoms with van der Waals surface area (Å²) >= 11 is 1.70. The summed E-state index contributed by atoms with van der Waals surface area (Å²) in [6, 6.07) is 2.19. The first kappa shape index (κ1) is 10.6. The van der Waals surface area contributed by atoms with E-state index in [1.807, 2.05) is 6.92 Å². The number of rotatable bonds is 2. The van der Waals surface area contributed by atoms with Crippen molar-refractivity contribution >= 4 is 11.3 Å². The zero-order valence-corrected chi connectivity index (χ0v) is 9.64. The number of aromatic nitrogens is 1. The average molecular weight is 222 g/mol. The number of nitriles is 1. The van der Waals surface area contributed by atoms with Crippen LogP contribution < -0.4 is 0 Å². The van der Waals surface area contributed by atoms with Crippen molar-refractivity contribution in [2.75, 3.05) is 13.2 Å². The zero-order chi connectivity index (χ0) is 10.7. The number of nitrogens with zero attached hydrogens (tertiary/aromatic N) is 2. The van der Waals surface area contributed by atoms with Crippen molar-refractivity contribution in [2.45, 2.75) is 32.1 Å². The quantitative estimate of drug-likeness (QED) is 0.772. The Balaban J connectivity index is 2.14. The van der Waals surface area contributed by atoms with Crippen LogP contribution in [0.3, 0.4) is 0 Å². The third-order valence-electron chi connectivity index (χ3n) is 2.72. The highest BCUT2D eigenvalue weighted by molar-refractivity contribution is 7.11. The first-order chi connectivity index (χ1) is 7.31. The molecule has 80 valence electrons. The minimum Gasteiger partial charge on any atom is -0.381 e. The van der Waals surface area contributed by atoms with Gasteiger partial charge in [-0.2, -0.15) is 5.26 Å². The molecule has 0 aliphatic carbocycles. The van der Waals surface area contributed by atoms with E-state index >= 15 is 0 Å². The molecule has 1 aliphatic heterocycles. The van der Waals surface area contributed by atoms with Gasteiger partial charge in [-0.3, -0.25) is 0 Å². The third kappa shape index (κ3) is 2.36. The average Bonchev–Trinajstić information content (AvgIpc) is 2.63. The monoisotopic (exact) mass is 222 g/mol. The molecule has 0 radical (unpaired) electrons. The number of thiazole rings is 1. The van der Waals surface area contributed by atoms with E-state index in [0.29, 0.717) is 12.3 Å². The van der Waals surface area contributed by atoms with E-state index in [0.717, 1.165) is 36.6 Å². The Labute approximate surface area is 93.7 Å². The molecule has 15 heavy (non-hydrogen) atoms. The van der Waals surface area contributed by atoms with Gasteiger partial charge in [0.1, 0.15) is 0 Å². The van der Waals surface area contributed by atoms with Crippen molar-refractivity contribution in [3.63, 3.8) is 0 Å². The Bertz CT molecular complexity index is 374. The molecule has 0 unspecified atom stereocenters. The highest BCUT2D eigenvalue weighted by Crippen LogP contribution is 2.31. The molecule has 4 heteroatoms. The lowest BCUT2D eigenvalue weighted by atomic mass is 10.0. The molecule has 1 aromatic heterocycles. The van der Waals surface area contributed by atoms with Crippen molar-refractivity contribution in [1.29, 1.82) is 5.26 Å². The van der Waals surface area contributed by atoms with Gasteiger partial charge in [-0.25, -0.2) is 4.98 Å². The van der Waals surface area contributed by atoms with Crippen LogP contribution in [-0.4, -0.2) is 18.2 Å². The van der Waals surface area contributed by atoms with E-state index in [1.54, 1.807) is 11.3 Å². The lowest BCUT2D eigenvalue weighted by Crippen LogP contribution is -2.13. The number of hydrogen-bond donors (Lipinski definition) is 0. The van der Waals surface area contributed by atoms with E-state index in [4.69, 9.17) is 10.00 Å². The molecule has 2 rings (SSSR count). The highest BCUT2D eigenvalue weighted by atomic mass is 32.1. The molecule has 0 bridgehead atoms. The van der Waals surface area contributed by atoms with Crippen molar-refractivity contribution < 1.29 is 4.74 Å². The molecule has 0 spiro atoms. The van der Waals surface area contributed by atoms with Crippen LogP contribution in [0, 0.1) is 18.3 Å². The Morgan fingerprint density at radius 3 is 2.93 bits per heavy atom. The molecule has 0 saturated carbocycles. The second-order valence-corrected chi connectivity index (χ2v) is 4.90. The van der Waals surface area contributed by atoms with Crippen LogP contribution in [-0.2, 0) is 11.2 Å². The van der Waals surface area contributed by atoms with Crippen LogP contribution in [0.25, 0.3) is 0 Å². The number of hydrogen-bond acceptors (Lipinski definition) is 4. The summed E-state index contributed by atoms with van der Waals surface area (Å²) in [5.41, 5.74) is 1.03. The SMILES string of the molecule is Cc1nc(C2CCOCC2)sc1CC#N. The molecular formula is C11H14N2OS. The summed E-state index contributed by atoms with van der Waals surface area (Å²) in [5, 5.41) is 9.87. The van der Waals surface area contributed by atoms with Crippen LogP contribution in [0.1, 0.15) is 34.3 Å². The summed E-state index contributed by atoms with van der Waals surface area (Å²) in [6.45, 7) is 3.68. The molecule has 0 amide bonds. The second kappa shape index (κ2) is 4.73. The van der Waals surface area contributed by atoms with E-state index in [2.05, 4.69) is 11.1 Å². The maximum absolute atomic E-state index is 8.67. The van der Waals surface area contributed by atoms with Crippen molar-refractivity contribution in [1.82, 2.24) is 4.98 Å². The summed E-state index contributed by atoms with van der Waals surface area (Å²) < 4.78 is 5.33. The van der Waals surface area contributed by atoms with Crippen molar-refractivity contribution in [3.05, 3.63) is 15.6 Å². The Kier molecular flexibility index (Phi) is 3.34. The Hall–Kier alpha value is -0.920. The first-order valence-electron chi connectivity index (χ1n) is 5.22. The second-order valence-electron chi connectivity index (χ2n) is 3.78. The minimum absolute atomic E-state index is 0.493. The number of aryl methyl sites for hydroxylation is 1. The molecule has 1 aromatic rings. The van der Waals surface area contributed by atoms with Crippen LogP contribution in [0.4, 0.5) is 0 Å². The van der Waals surface area contributed by atoms with Crippen molar-refractivity contribution in [3.8, 4) is 6.07 Å². The molecule has 3 nitrogen and oxygen atoms in total. The normalized spacial score (nSPS) is 17.6. The summed E-state index contributed by atoms with van der Waals surface area (Å²) in [4.78, 5) is 5.69. The van der Waals surface area contributed by atoms with E-state index in [1.165, 1.54) is 5.01 Å². The molecule has 0 N–H and O–H groups in total. The van der Waals surface area contributed by atoms with Crippen LogP contribution in [0.5, 0.6) is 0 Å². The summed E-state index contributed by atoms with van der Waals surface area (Å²) in [6.07, 6.45) is 2.63. The van der Waals surface area contributed by atoms with Gasteiger partial charge in [-0.05, 0) is 19.8 Å². The highest BCUT2D eigenvalue weighted by Gasteiger charge is 2.20. The van der Waals surface area contributed by atoms with Gasteiger partial charge in [0.15, 0.2) is 0 Å².